The van der Waals surface area contributed by atoms with Crippen LogP contribution in [0, 0.1) is 0 Å². The van der Waals surface area contributed by atoms with Gasteiger partial charge < -0.3 is 24.2 Å². The van der Waals surface area contributed by atoms with Crippen molar-refractivity contribution in [2.24, 2.45) is 0 Å². The summed E-state index contributed by atoms with van der Waals surface area (Å²) in [7, 11) is 3.83. The number of aliphatic hydroxyl groups is 1. The van der Waals surface area contributed by atoms with Gasteiger partial charge in [0, 0.05) is 32.3 Å². The molecule has 6 nitrogen and oxygen atoms in total. The van der Waals surface area contributed by atoms with Gasteiger partial charge in [-0.05, 0) is 63.5 Å². The molecular weight excluding hydrogens is 380 g/mol. The third kappa shape index (κ3) is 7.41. The lowest BCUT2D eigenvalue weighted by Gasteiger charge is -2.31. The largest absolute Gasteiger partial charge is 0.493 e. The van der Waals surface area contributed by atoms with Crippen molar-refractivity contribution in [3.8, 4) is 11.5 Å². The van der Waals surface area contributed by atoms with E-state index in [9.17, 15) is 5.11 Å². The van der Waals surface area contributed by atoms with E-state index in [1.165, 1.54) is 37.7 Å². The molecule has 1 N–H and O–H groups in total. The van der Waals surface area contributed by atoms with Crippen LogP contribution in [0.1, 0.15) is 50.5 Å². The maximum absolute atomic E-state index is 10.5. The fraction of sp³-hybridized carbons (Fsp3) is 0.750. The van der Waals surface area contributed by atoms with Gasteiger partial charge in [0.1, 0.15) is 12.7 Å². The summed E-state index contributed by atoms with van der Waals surface area (Å²) >= 11 is 0. The van der Waals surface area contributed by atoms with Crippen LogP contribution < -0.4 is 9.47 Å². The maximum Gasteiger partial charge on any atom is 0.161 e. The first-order valence-corrected chi connectivity index (χ1v) is 11.6. The van der Waals surface area contributed by atoms with E-state index in [1.807, 2.05) is 6.07 Å². The molecule has 1 aromatic rings. The van der Waals surface area contributed by atoms with Crippen LogP contribution in [0.5, 0.6) is 11.5 Å². The number of hydrogen-bond acceptors (Lipinski definition) is 6. The number of ether oxygens (including phenoxy) is 3. The molecule has 0 bridgehead atoms. The molecule has 0 amide bonds. The monoisotopic (exact) mass is 420 g/mol. The number of likely N-dealkylation sites (tertiary alicyclic amines) is 1. The van der Waals surface area contributed by atoms with Crippen LogP contribution in [-0.2, 0) is 11.3 Å². The van der Waals surface area contributed by atoms with Crippen molar-refractivity contribution in [2.75, 3.05) is 53.6 Å². The molecule has 3 rings (SSSR count). The number of β-amino-alcohol motifs (C(OH)–C–C–N with tert-alkyl or cyclic N) is 1. The zero-order chi connectivity index (χ0) is 21.2. The van der Waals surface area contributed by atoms with E-state index in [0.717, 1.165) is 45.7 Å². The highest BCUT2D eigenvalue weighted by Crippen LogP contribution is 2.29. The lowest BCUT2D eigenvalue weighted by Crippen LogP contribution is -2.37. The van der Waals surface area contributed by atoms with Gasteiger partial charge in [0.25, 0.3) is 0 Å². The van der Waals surface area contributed by atoms with Crippen LogP contribution in [-0.4, -0.2) is 80.7 Å². The highest BCUT2D eigenvalue weighted by molar-refractivity contribution is 5.43. The summed E-state index contributed by atoms with van der Waals surface area (Å²) in [4.78, 5) is 4.77. The lowest BCUT2D eigenvalue weighted by atomic mass is 10.1. The molecule has 0 aliphatic carbocycles. The highest BCUT2D eigenvalue weighted by atomic mass is 16.5. The molecule has 30 heavy (non-hydrogen) atoms. The van der Waals surface area contributed by atoms with Gasteiger partial charge in [-0.25, -0.2) is 0 Å². The van der Waals surface area contributed by atoms with Gasteiger partial charge in [-0.1, -0.05) is 25.3 Å². The van der Waals surface area contributed by atoms with Crippen molar-refractivity contribution in [2.45, 2.75) is 63.6 Å². The van der Waals surface area contributed by atoms with Gasteiger partial charge in [-0.2, -0.15) is 0 Å². The summed E-state index contributed by atoms with van der Waals surface area (Å²) in [5.41, 5.74) is 1.19. The summed E-state index contributed by atoms with van der Waals surface area (Å²) in [6.45, 7) is 5.67. The average Bonchev–Trinajstić information content (AvgIpc) is 2.75. The minimum Gasteiger partial charge on any atom is -0.493 e. The second-order valence-electron chi connectivity index (χ2n) is 8.78. The Balaban J connectivity index is 1.52. The van der Waals surface area contributed by atoms with Crippen LogP contribution in [0.2, 0.25) is 0 Å². The van der Waals surface area contributed by atoms with Crippen molar-refractivity contribution in [3.05, 3.63) is 23.8 Å². The fourth-order valence-corrected chi connectivity index (χ4v) is 4.51. The van der Waals surface area contributed by atoms with Gasteiger partial charge in [-0.15, -0.1) is 0 Å². The van der Waals surface area contributed by atoms with Gasteiger partial charge in [0.05, 0.1) is 7.11 Å². The summed E-state index contributed by atoms with van der Waals surface area (Å²) in [5, 5.41) is 10.5. The van der Waals surface area contributed by atoms with E-state index in [1.54, 1.807) is 7.11 Å². The molecule has 1 aromatic carbocycles. The summed E-state index contributed by atoms with van der Waals surface area (Å²) < 4.78 is 17.0. The zero-order valence-electron chi connectivity index (χ0n) is 18.9. The molecule has 1 atom stereocenters. The van der Waals surface area contributed by atoms with E-state index < -0.39 is 6.10 Å². The van der Waals surface area contributed by atoms with Crippen LogP contribution in [0.4, 0.5) is 0 Å². The lowest BCUT2D eigenvalue weighted by molar-refractivity contribution is 0.0406. The standard InChI is InChI=1S/C24H40N2O4/c1-25(21-10-14-29-15-11-21)17-20-8-9-23(28-2)24(16-20)30-19-22(27)18-26-12-6-4-3-5-7-13-26/h8-9,16,21-22,27H,3-7,10-15,17-19H2,1-2H3. The zero-order valence-corrected chi connectivity index (χ0v) is 18.9. The molecule has 0 saturated carbocycles. The molecule has 2 aliphatic rings. The molecule has 0 aromatic heterocycles. The quantitative estimate of drug-likeness (QED) is 0.662. The maximum atomic E-state index is 10.5. The SMILES string of the molecule is COc1ccc(CN(C)C2CCOCC2)cc1OCC(O)CN1CCCCCCC1. The fourth-order valence-electron chi connectivity index (χ4n) is 4.51. The molecule has 1 unspecified atom stereocenters. The number of methoxy groups -OCH3 is 1. The van der Waals surface area contributed by atoms with E-state index in [-0.39, 0.29) is 6.61 Å². The van der Waals surface area contributed by atoms with Crippen molar-refractivity contribution in [1.82, 2.24) is 9.80 Å². The highest BCUT2D eigenvalue weighted by Gasteiger charge is 2.19. The van der Waals surface area contributed by atoms with Gasteiger partial charge in [0.2, 0.25) is 0 Å². The molecule has 2 fully saturated rings. The van der Waals surface area contributed by atoms with E-state index in [2.05, 4.69) is 29.0 Å². The van der Waals surface area contributed by atoms with E-state index in [4.69, 9.17) is 14.2 Å². The molecule has 0 spiro atoms. The van der Waals surface area contributed by atoms with Crippen molar-refractivity contribution in [3.63, 3.8) is 0 Å². The van der Waals surface area contributed by atoms with Crippen LogP contribution >= 0.6 is 0 Å². The Morgan fingerprint density at radius 3 is 2.50 bits per heavy atom. The Bertz CT molecular complexity index is 613. The van der Waals surface area contributed by atoms with Crippen LogP contribution in [0.15, 0.2) is 18.2 Å². The molecule has 2 saturated heterocycles. The predicted molar refractivity (Wildman–Crippen MR) is 119 cm³/mol. The van der Waals surface area contributed by atoms with Crippen molar-refractivity contribution in [1.29, 1.82) is 0 Å². The van der Waals surface area contributed by atoms with Crippen LogP contribution in [0.25, 0.3) is 0 Å². The summed E-state index contributed by atoms with van der Waals surface area (Å²) in [5.74, 6) is 1.42. The number of hydrogen-bond donors (Lipinski definition) is 1. The number of aliphatic hydroxyl groups excluding tert-OH is 1. The molecule has 0 radical (unpaired) electrons. The second kappa shape index (κ2) is 12.5. The molecule has 2 heterocycles. The molecule has 170 valence electrons. The van der Waals surface area contributed by atoms with Gasteiger partial charge >= 0.3 is 0 Å². The first kappa shape index (κ1) is 23.3. The predicted octanol–water partition coefficient (Wildman–Crippen LogP) is 3.31. The number of rotatable bonds is 9. The minimum absolute atomic E-state index is 0.284. The normalized spacial score (nSPS) is 20.5. The minimum atomic E-state index is -0.497. The van der Waals surface area contributed by atoms with Gasteiger partial charge in [-0.3, -0.25) is 4.90 Å². The Hall–Kier alpha value is -1.34. The van der Waals surface area contributed by atoms with Crippen LogP contribution in [0.3, 0.4) is 0 Å². The smallest absolute Gasteiger partial charge is 0.161 e. The Labute approximate surface area is 182 Å². The third-order valence-electron chi connectivity index (χ3n) is 6.32. The Kier molecular flexibility index (Phi) is 9.72. The summed E-state index contributed by atoms with van der Waals surface area (Å²) in [6.07, 6.45) is 8.07. The van der Waals surface area contributed by atoms with Crippen molar-refractivity contribution < 1.29 is 19.3 Å². The average molecular weight is 421 g/mol. The number of benzene rings is 1. The molecular formula is C24H40N2O4. The van der Waals surface area contributed by atoms with Gasteiger partial charge in [0.15, 0.2) is 11.5 Å². The first-order valence-electron chi connectivity index (χ1n) is 11.6. The summed E-state index contributed by atoms with van der Waals surface area (Å²) in [6, 6.07) is 6.67. The Morgan fingerprint density at radius 1 is 1.10 bits per heavy atom. The van der Waals surface area contributed by atoms with E-state index in [0.29, 0.717) is 24.1 Å². The molecule has 6 heteroatoms. The topological polar surface area (TPSA) is 54.4 Å². The van der Waals surface area contributed by atoms with Crippen molar-refractivity contribution >= 4 is 0 Å². The first-order chi connectivity index (χ1) is 14.7. The Morgan fingerprint density at radius 2 is 1.80 bits per heavy atom. The third-order valence-corrected chi connectivity index (χ3v) is 6.32. The molecule has 2 aliphatic heterocycles. The van der Waals surface area contributed by atoms with E-state index >= 15 is 0 Å². The number of nitrogens with zero attached hydrogens (tertiary/aromatic N) is 2. The second-order valence-corrected chi connectivity index (χ2v) is 8.78.